The van der Waals surface area contributed by atoms with Gasteiger partial charge in [-0.2, -0.15) is 13.2 Å². The fraction of sp³-hybridized carbons (Fsp3) is 0.200. The Balaban J connectivity index is 0.000000152. The van der Waals surface area contributed by atoms with Crippen molar-refractivity contribution in [2.24, 2.45) is 0 Å². The number of ether oxygens (including phenoxy) is 8. The number of halogens is 5. The molecule has 4 aromatic heterocycles. The van der Waals surface area contributed by atoms with Crippen LogP contribution in [0.2, 0.25) is 5.02 Å². The monoisotopic (exact) mass is 1910 g/mol. The summed E-state index contributed by atoms with van der Waals surface area (Å²) in [5.41, 5.74) is 3.49. The van der Waals surface area contributed by atoms with Gasteiger partial charge in [-0.25, -0.2) is 4.39 Å². The second-order valence-electron chi connectivity index (χ2n) is 30.5. The van der Waals surface area contributed by atoms with Gasteiger partial charge in [-0.1, -0.05) is 93.4 Å². The second-order valence-corrected chi connectivity index (χ2v) is 35.1. The summed E-state index contributed by atoms with van der Waals surface area (Å²) in [7, 11) is 0. The molecule has 29 heteroatoms. The molecule has 16 rings (SSSR count). The van der Waals surface area contributed by atoms with Crippen molar-refractivity contribution in [3.63, 3.8) is 0 Å². The molecule has 0 aliphatic carbocycles. The Labute approximate surface area is 792 Å². The summed E-state index contributed by atoms with van der Waals surface area (Å²) in [6.45, 7) is 24.5. The van der Waals surface area contributed by atoms with E-state index in [0.717, 1.165) is 118 Å². The number of carbonyl (C=O) groups is 4. The first-order valence-electron chi connectivity index (χ1n) is 43.1. The summed E-state index contributed by atoms with van der Waals surface area (Å²) in [5.74, 6) is 4.89. The fourth-order valence-electron chi connectivity index (χ4n) is 14.0. The van der Waals surface area contributed by atoms with Gasteiger partial charge in [0.25, 0.3) is 0 Å². The van der Waals surface area contributed by atoms with Crippen molar-refractivity contribution in [3.8, 4) is 92.0 Å². The minimum atomic E-state index is -4.69. The van der Waals surface area contributed by atoms with Gasteiger partial charge in [0, 0.05) is 93.8 Å². The summed E-state index contributed by atoms with van der Waals surface area (Å²) in [6.07, 6.45) is -4.69. The normalized spacial score (nSPS) is 11.1. The number of benzene rings is 12. The Morgan fingerprint density at radius 1 is 0.328 bits per heavy atom. The number of aryl methyl sites for hydroxylation is 4. The molecule has 8 N–H and O–H groups in total. The van der Waals surface area contributed by atoms with Gasteiger partial charge in [-0.3, -0.25) is 19.2 Å². The van der Waals surface area contributed by atoms with Crippen molar-refractivity contribution < 1.29 is 95.1 Å². The van der Waals surface area contributed by atoms with Crippen molar-refractivity contribution in [1.29, 1.82) is 0 Å². The largest absolute Gasteiger partial charge is 0.508 e. The molecule has 0 saturated heterocycles. The molecule has 0 spiro atoms. The molecule has 12 aromatic carbocycles. The average molecular weight is 1910 g/mol. The Morgan fingerprint density at radius 3 is 0.948 bits per heavy atom. The zero-order valence-electron chi connectivity index (χ0n) is 74.4. The van der Waals surface area contributed by atoms with Crippen molar-refractivity contribution in [3.05, 3.63) is 329 Å². The van der Waals surface area contributed by atoms with Crippen molar-refractivity contribution in [2.75, 3.05) is 78.8 Å². The third-order valence-electron chi connectivity index (χ3n) is 20.7. The summed E-state index contributed by atoms with van der Waals surface area (Å²) in [5, 5.41) is 55.7. The smallest absolute Gasteiger partial charge is 0.417 e. The molecule has 0 aliphatic rings. The van der Waals surface area contributed by atoms with Gasteiger partial charge in [0.05, 0.1) is 5.56 Å². The minimum absolute atomic E-state index is 0.00765. The highest BCUT2D eigenvalue weighted by Crippen LogP contribution is 2.49. The number of phenols is 4. The number of rotatable bonds is 36. The number of thiophene rings is 4. The quantitative estimate of drug-likeness (QED) is 0.0103. The van der Waals surface area contributed by atoms with Crippen LogP contribution in [0.25, 0.3) is 40.3 Å². The van der Waals surface area contributed by atoms with Gasteiger partial charge in [-0.15, -0.1) is 45.3 Å². The molecule has 0 radical (unpaired) electrons. The topological polar surface area (TPSA) is 271 Å². The molecular weight excluding hydrogens is 1810 g/mol. The van der Waals surface area contributed by atoms with Crippen LogP contribution in [0.3, 0.4) is 0 Å². The fourth-order valence-corrected chi connectivity index (χ4v) is 18.6. The average Bonchev–Trinajstić information content (AvgIpc) is 1.63. The van der Waals surface area contributed by atoms with Crippen LogP contribution >= 0.6 is 56.9 Å². The highest BCUT2D eigenvalue weighted by molar-refractivity contribution is 7.22. The maximum Gasteiger partial charge on any atom is 0.417 e. The van der Waals surface area contributed by atoms with Gasteiger partial charge in [0.15, 0.2) is 23.0 Å². The first kappa shape index (κ1) is 98.1. The van der Waals surface area contributed by atoms with E-state index < -0.39 is 28.9 Å². The number of nitrogens with one attached hydrogen (secondary N) is 4. The molecule has 0 fully saturated rings. The van der Waals surface area contributed by atoms with Gasteiger partial charge >= 0.3 is 6.18 Å². The maximum atomic E-state index is 13.9. The Bertz CT molecular complexity index is 6600. The lowest BCUT2D eigenvalue weighted by atomic mass is 10.0. The van der Waals surface area contributed by atoms with Gasteiger partial charge in [0.1, 0.15) is 121 Å². The lowest BCUT2D eigenvalue weighted by Gasteiger charge is -2.13. The summed E-state index contributed by atoms with van der Waals surface area (Å²) in [4.78, 5) is 55.0. The number of aromatic hydroxyl groups is 4. The predicted octanol–water partition coefficient (Wildman–Crippen LogP) is 25.5. The number of hydrogen-bond donors (Lipinski definition) is 8. The molecular formula is C105H97ClF4N4O16S4. The van der Waals surface area contributed by atoms with Crippen LogP contribution < -0.4 is 59.2 Å². The number of phenolic OH excluding ortho intramolecular Hbond substituents is 4. The molecule has 0 aliphatic heterocycles. The van der Waals surface area contributed by atoms with Crippen LogP contribution in [0, 0.1) is 33.5 Å². The van der Waals surface area contributed by atoms with E-state index in [9.17, 15) is 57.2 Å². The van der Waals surface area contributed by atoms with Crippen LogP contribution in [0.15, 0.2) is 249 Å². The SMILES string of the molecule is CCNCCOc1ccc(Oc2c(C(=O)c3cc(Cl)ccc3C)sc3cc(O)ccc23)cc1.CCNCCOc1ccc(Oc2c(C(=O)c3cc(F)ccc3C)sc3cc(O)ccc23)cc1.CCNCCOc1ccc(Oc2c(C(=O)c3ccc(C)cc3C)sc3cc(O)ccc23)cc1.CCNCCOc1ccc(Oc2c(C(=O)c3ccccc3C(F)(F)F)sc3cc(O)ccc23)cc1. The van der Waals surface area contributed by atoms with E-state index >= 15 is 0 Å². The number of alkyl halides is 3. The van der Waals surface area contributed by atoms with Crippen molar-refractivity contribution >= 4 is 120 Å². The molecule has 134 heavy (non-hydrogen) atoms. The van der Waals surface area contributed by atoms with E-state index in [0.29, 0.717) is 141 Å². The molecule has 692 valence electrons. The summed E-state index contributed by atoms with van der Waals surface area (Å²) in [6, 6.07) is 67.7. The summed E-state index contributed by atoms with van der Waals surface area (Å²) < 4.78 is 105. The standard InChI is InChI=1S/C27H27NO4S.C26H24ClNO4S.C26H22F3NO4S.C26H24FNO4S/c1-4-28-13-14-31-20-7-9-21(10-8-20)32-26-23-12-6-19(29)16-24(23)33-27(26)25(30)22-11-5-17(2)15-18(22)3;1-3-28-12-13-31-19-7-9-20(10-8-19)32-25-21-11-6-18(29)15-23(21)33-26(25)24(30)22-14-17(27)5-4-16(22)2;1-2-30-13-14-33-17-8-10-18(11-9-17)34-24-20-12-7-16(31)15-22(20)35-25(24)23(32)19-5-3-4-6-21(19)26(27,28)29;1-3-28-12-13-31-19-7-9-20(10-8-19)32-25-21-11-6-18(29)15-23(21)33-26(25)24(30)22-14-17(27)5-4-16(22)2/h5-12,15-16,28-29H,4,13-14H2,1-3H3;4-11,14-15,28-29H,3,12-13H2,1-2H3;3-12,15,30-31H,2,13-14H2,1H3;4-11,14-15,28-29H,3,12-13H2,1-2H3. The Kier molecular flexibility index (Phi) is 33.9. The molecule has 0 unspecified atom stereocenters. The Hall–Kier alpha value is -13.4. The van der Waals surface area contributed by atoms with E-state index in [1.165, 1.54) is 70.4 Å². The van der Waals surface area contributed by atoms with E-state index in [1.54, 1.807) is 134 Å². The maximum absolute atomic E-state index is 13.9. The third-order valence-corrected chi connectivity index (χ3v) is 25.5. The van der Waals surface area contributed by atoms with Crippen LogP contribution in [-0.4, -0.2) is 122 Å². The van der Waals surface area contributed by atoms with Crippen LogP contribution in [0.5, 0.6) is 92.0 Å². The van der Waals surface area contributed by atoms with Crippen LogP contribution in [0.4, 0.5) is 17.6 Å². The lowest BCUT2D eigenvalue weighted by Crippen LogP contribution is -2.20. The zero-order chi connectivity index (χ0) is 95.1. The molecule has 0 amide bonds. The second kappa shape index (κ2) is 46.3. The lowest BCUT2D eigenvalue weighted by molar-refractivity contribution is -0.137. The van der Waals surface area contributed by atoms with Crippen LogP contribution in [-0.2, 0) is 6.18 Å². The number of likely N-dealkylation sites (N-methyl/N-ethyl adjacent to an activating group) is 4. The van der Waals surface area contributed by atoms with Crippen molar-refractivity contribution in [1.82, 2.24) is 21.3 Å². The molecule has 16 aromatic rings. The Morgan fingerprint density at radius 2 is 0.627 bits per heavy atom. The molecule has 20 nitrogen and oxygen atoms in total. The molecule has 0 saturated carbocycles. The number of carbonyl (C=O) groups excluding carboxylic acids is 4. The third kappa shape index (κ3) is 25.3. The molecule has 0 bridgehead atoms. The number of ketones is 4. The first-order valence-corrected chi connectivity index (χ1v) is 46.7. The molecule has 4 heterocycles. The van der Waals surface area contributed by atoms with Crippen LogP contribution in [0.1, 0.15) is 116 Å². The molecule has 0 atom stereocenters. The van der Waals surface area contributed by atoms with Gasteiger partial charge in [-0.05, 0) is 271 Å². The van der Waals surface area contributed by atoms with E-state index in [2.05, 4.69) is 28.2 Å². The minimum Gasteiger partial charge on any atom is -0.508 e. The van der Waals surface area contributed by atoms with Crippen molar-refractivity contribution in [2.45, 2.75) is 61.6 Å². The highest BCUT2D eigenvalue weighted by Gasteiger charge is 2.37. The van der Waals surface area contributed by atoms with Gasteiger partial charge in [0.2, 0.25) is 23.1 Å². The van der Waals surface area contributed by atoms with Gasteiger partial charge < -0.3 is 79.6 Å². The predicted molar refractivity (Wildman–Crippen MR) is 525 cm³/mol. The zero-order valence-corrected chi connectivity index (χ0v) is 78.4. The summed E-state index contributed by atoms with van der Waals surface area (Å²) >= 11 is 10.9. The highest BCUT2D eigenvalue weighted by atomic mass is 35.5. The number of fused-ring (bicyclic) bond motifs is 4. The first-order chi connectivity index (χ1) is 64.6. The van der Waals surface area contributed by atoms with E-state index in [4.69, 9.17) is 49.5 Å². The van der Waals surface area contributed by atoms with E-state index in [-0.39, 0.29) is 56.5 Å². The number of hydrogen-bond acceptors (Lipinski definition) is 24. The van der Waals surface area contributed by atoms with E-state index in [1.807, 2.05) is 114 Å².